The van der Waals surface area contributed by atoms with Crippen molar-refractivity contribution >= 4 is 16.8 Å². The van der Waals surface area contributed by atoms with Gasteiger partial charge in [0.05, 0.1) is 23.8 Å². The number of benzene rings is 1. The smallest absolute Gasteiger partial charge is 0.256 e. The molecule has 6 heteroatoms. The predicted octanol–water partition coefficient (Wildman–Crippen LogP) is -0.0467. The van der Waals surface area contributed by atoms with Gasteiger partial charge in [0.1, 0.15) is 0 Å². The van der Waals surface area contributed by atoms with Gasteiger partial charge in [-0.2, -0.15) is 0 Å². The number of aliphatic hydroxyl groups excluding tert-OH is 2. The minimum absolute atomic E-state index is 0.155. The molecule has 0 saturated carbocycles. The number of hydrogen-bond acceptors (Lipinski definition) is 4. The van der Waals surface area contributed by atoms with Crippen LogP contribution in [0.4, 0.5) is 0 Å². The summed E-state index contributed by atoms with van der Waals surface area (Å²) in [7, 11) is 0. The molecule has 3 N–H and O–H groups in total. The van der Waals surface area contributed by atoms with E-state index < -0.39 is 6.10 Å². The molecule has 0 radical (unpaired) electrons. The second kappa shape index (κ2) is 5.31. The van der Waals surface area contributed by atoms with Gasteiger partial charge in [-0.1, -0.05) is 12.1 Å². The molecule has 2 aromatic rings. The molecule has 1 aliphatic rings. The number of amides is 1. The Bertz CT molecular complexity index is 740. The van der Waals surface area contributed by atoms with Crippen molar-refractivity contribution in [1.29, 1.82) is 0 Å². The fourth-order valence-electron chi connectivity index (χ4n) is 2.73. The number of rotatable bonds is 2. The second-order valence-corrected chi connectivity index (χ2v) is 5.31. The maximum absolute atomic E-state index is 12.6. The Morgan fingerprint density at radius 1 is 1.29 bits per heavy atom. The van der Waals surface area contributed by atoms with Crippen LogP contribution in [0.3, 0.4) is 0 Å². The number of carbonyl (C=O) groups excluding carboxylic acids is 1. The molecular weight excluding hydrogens is 272 g/mol. The van der Waals surface area contributed by atoms with Gasteiger partial charge in [0.15, 0.2) is 0 Å². The van der Waals surface area contributed by atoms with E-state index in [1.165, 1.54) is 11.0 Å². The van der Waals surface area contributed by atoms with Crippen LogP contribution < -0.4 is 5.56 Å². The number of pyridine rings is 1. The number of nitrogens with zero attached hydrogens (tertiary/aromatic N) is 1. The van der Waals surface area contributed by atoms with Crippen molar-refractivity contribution in [3.8, 4) is 0 Å². The Kier molecular flexibility index (Phi) is 3.48. The Morgan fingerprint density at radius 3 is 2.81 bits per heavy atom. The molecule has 2 atom stereocenters. The van der Waals surface area contributed by atoms with Crippen LogP contribution in [-0.2, 0) is 0 Å². The van der Waals surface area contributed by atoms with Gasteiger partial charge in [0.2, 0.25) is 5.56 Å². The van der Waals surface area contributed by atoms with Crippen LogP contribution in [0.2, 0.25) is 0 Å². The Morgan fingerprint density at radius 2 is 2.10 bits per heavy atom. The van der Waals surface area contributed by atoms with Crippen LogP contribution in [0.5, 0.6) is 0 Å². The molecular formula is C15H16N2O4. The lowest BCUT2D eigenvalue weighted by Gasteiger charge is -2.16. The summed E-state index contributed by atoms with van der Waals surface area (Å²) in [5, 5.41) is 19.7. The number of likely N-dealkylation sites (tertiary alicyclic amines) is 1. The van der Waals surface area contributed by atoms with E-state index in [1.807, 2.05) is 6.07 Å². The lowest BCUT2D eigenvalue weighted by molar-refractivity contribution is 0.0765. The summed E-state index contributed by atoms with van der Waals surface area (Å²) < 4.78 is 0. The topological polar surface area (TPSA) is 93.6 Å². The largest absolute Gasteiger partial charge is 0.396 e. The molecule has 1 aliphatic heterocycles. The summed E-state index contributed by atoms with van der Waals surface area (Å²) in [6.45, 7) is 0.346. The average molecular weight is 288 g/mol. The van der Waals surface area contributed by atoms with Gasteiger partial charge in [-0.3, -0.25) is 9.59 Å². The van der Waals surface area contributed by atoms with Gasteiger partial charge in [0.25, 0.3) is 5.91 Å². The zero-order valence-corrected chi connectivity index (χ0v) is 11.3. The predicted molar refractivity (Wildman–Crippen MR) is 77.1 cm³/mol. The third-order valence-corrected chi connectivity index (χ3v) is 3.92. The molecule has 1 amide bonds. The molecule has 21 heavy (non-hydrogen) atoms. The van der Waals surface area contributed by atoms with Crippen molar-refractivity contribution in [3.63, 3.8) is 0 Å². The van der Waals surface area contributed by atoms with Gasteiger partial charge in [0, 0.05) is 25.1 Å². The molecule has 3 rings (SSSR count). The third kappa shape index (κ3) is 2.43. The van der Waals surface area contributed by atoms with Gasteiger partial charge in [-0.25, -0.2) is 0 Å². The average Bonchev–Trinajstić information content (AvgIpc) is 2.87. The van der Waals surface area contributed by atoms with E-state index in [1.54, 1.807) is 18.2 Å². The fraction of sp³-hybridized carbons (Fsp3) is 0.333. The quantitative estimate of drug-likeness (QED) is 0.722. The monoisotopic (exact) mass is 288 g/mol. The van der Waals surface area contributed by atoms with E-state index >= 15 is 0 Å². The SMILES string of the molecule is O=C(c1cccc2ccc(=O)[nH]c12)N1CC(O)C(CO)C1. The van der Waals surface area contributed by atoms with Crippen LogP contribution in [0.15, 0.2) is 35.1 Å². The highest BCUT2D eigenvalue weighted by molar-refractivity contribution is 6.05. The van der Waals surface area contributed by atoms with Gasteiger partial charge in [-0.05, 0) is 17.5 Å². The highest BCUT2D eigenvalue weighted by Crippen LogP contribution is 2.22. The third-order valence-electron chi connectivity index (χ3n) is 3.92. The number of H-pyrrole nitrogens is 1. The molecule has 1 fully saturated rings. The number of aliphatic hydroxyl groups is 2. The summed E-state index contributed by atoms with van der Waals surface area (Å²) in [4.78, 5) is 28.3. The van der Waals surface area contributed by atoms with E-state index in [2.05, 4.69) is 4.98 Å². The van der Waals surface area contributed by atoms with Crippen molar-refractivity contribution in [3.05, 3.63) is 46.2 Å². The standard InChI is InChI=1S/C15H16N2O4/c18-8-10-6-17(7-12(10)19)15(21)11-3-1-2-9-4-5-13(20)16-14(9)11/h1-5,10,12,18-19H,6-8H2,(H,16,20). The van der Waals surface area contributed by atoms with Crippen LogP contribution in [0.1, 0.15) is 10.4 Å². The molecule has 110 valence electrons. The van der Waals surface area contributed by atoms with E-state index in [4.69, 9.17) is 5.11 Å². The lowest BCUT2D eigenvalue weighted by Crippen LogP contribution is -2.30. The first-order valence-corrected chi connectivity index (χ1v) is 6.80. The lowest BCUT2D eigenvalue weighted by atomic mass is 10.1. The van der Waals surface area contributed by atoms with Crippen LogP contribution in [0, 0.1) is 5.92 Å². The minimum atomic E-state index is -0.715. The van der Waals surface area contributed by atoms with E-state index in [9.17, 15) is 14.7 Å². The maximum atomic E-state index is 12.6. The number of nitrogens with one attached hydrogen (secondary N) is 1. The van der Waals surface area contributed by atoms with E-state index in [-0.39, 0.29) is 30.5 Å². The Hall–Kier alpha value is -2.18. The van der Waals surface area contributed by atoms with Crippen molar-refractivity contribution < 1.29 is 15.0 Å². The van der Waals surface area contributed by atoms with Gasteiger partial charge < -0.3 is 20.1 Å². The van der Waals surface area contributed by atoms with Crippen LogP contribution >= 0.6 is 0 Å². The number of fused-ring (bicyclic) bond motifs is 1. The highest BCUT2D eigenvalue weighted by Gasteiger charge is 2.34. The van der Waals surface area contributed by atoms with E-state index in [0.29, 0.717) is 17.6 Å². The molecule has 1 saturated heterocycles. The molecule has 2 heterocycles. The van der Waals surface area contributed by atoms with Crippen LogP contribution in [-0.4, -0.2) is 51.8 Å². The van der Waals surface area contributed by atoms with Gasteiger partial charge in [-0.15, -0.1) is 0 Å². The number of para-hydroxylation sites is 1. The zero-order valence-electron chi connectivity index (χ0n) is 11.3. The number of aromatic nitrogens is 1. The maximum Gasteiger partial charge on any atom is 0.256 e. The fourth-order valence-corrected chi connectivity index (χ4v) is 2.73. The van der Waals surface area contributed by atoms with E-state index in [0.717, 1.165) is 5.39 Å². The van der Waals surface area contributed by atoms with Crippen molar-refractivity contribution in [2.24, 2.45) is 5.92 Å². The first-order chi connectivity index (χ1) is 10.1. The molecule has 1 aromatic heterocycles. The summed E-state index contributed by atoms with van der Waals surface area (Å²) in [5.74, 6) is -0.569. The molecule has 0 aliphatic carbocycles. The van der Waals surface area contributed by atoms with Crippen molar-refractivity contribution in [2.75, 3.05) is 19.7 Å². The Labute approximate surface area is 120 Å². The summed E-state index contributed by atoms with van der Waals surface area (Å²) in [5.41, 5.74) is 0.630. The molecule has 1 aromatic carbocycles. The normalized spacial score (nSPS) is 21.9. The molecule has 0 bridgehead atoms. The highest BCUT2D eigenvalue weighted by atomic mass is 16.3. The van der Waals surface area contributed by atoms with Crippen molar-refractivity contribution in [2.45, 2.75) is 6.10 Å². The summed E-state index contributed by atoms with van der Waals surface area (Å²) >= 11 is 0. The molecule has 6 nitrogen and oxygen atoms in total. The first kappa shape index (κ1) is 13.8. The number of carbonyl (C=O) groups is 1. The first-order valence-electron chi connectivity index (χ1n) is 6.80. The summed E-state index contributed by atoms with van der Waals surface area (Å²) in [6.07, 6.45) is -0.715. The van der Waals surface area contributed by atoms with Crippen molar-refractivity contribution in [1.82, 2.24) is 9.88 Å². The number of β-amino-alcohol motifs (C(OH)–C–C–N with tert-alkyl or cyclic N) is 1. The molecule has 0 spiro atoms. The number of hydrogen-bond donors (Lipinski definition) is 3. The van der Waals surface area contributed by atoms with Gasteiger partial charge >= 0.3 is 0 Å². The Balaban J connectivity index is 1.99. The molecule has 2 unspecified atom stereocenters. The second-order valence-electron chi connectivity index (χ2n) is 5.31. The van der Waals surface area contributed by atoms with Crippen LogP contribution in [0.25, 0.3) is 10.9 Å². The minimum Gasteiger partial charge on any atom is -0.396 e. The summed E-state index contributed by atoms with van der Waals surface area (Å²) in [6, 6.07) is 8.30. The zero-order chi connectivity index (χ0) is 15.0. The number of aromatic amines is 1.